The summed E-state index contributed by atoms with van der Waals surface area (Å²) in [6, 6.07) is 20.5. The Morgan fingerprint density at radius 1 is 0.769 bits per heavy atom. The minimum atomic E-state index is -0.275. The molecule has 5 nitrogen and oxygen atoms in total. The molecule has 2 amide bonds. The van der Waals surface area contributed by atoms with Crippen molar-refractivity contribution >= 4 is 39.4 Å². The highest BCUT2D eigenvalue weighted by Crippen LogP contribution is 2.30. The second-order valence-electron chi connectivity index (χ2n) is 6.23. The predicted molar refractivity (Wildman–Crippen MR) is 99.2 cm³/mol. The third-order valence-electron chi connectivity index (χ3n) is 4.70. The molecule has 1 aliphatic rings. The maximum Gasteiger partial charge on any atom is 0.263 e. The van der Waals surface area contributed by atoms with Crippen molar-refractivity contribution in [1.82, 2.24) is 4.90 Å². The number of imide groups is 1. The summed E-state index contributed by atoms with van der Waals surface area (Å²) >= 11 is 0. The van der Waals surface area contributed by atoms with Gasteiger partial charge >= 0.3 is 0 Å². The zero-order chi connectivity index (χ0) is 17.7. The topological polar surface area (TPSA) is 62.6 Å². The average Bonchev–Trinajstić information content (AvgIpc) is 3.16. The Balaban J connectivity index is 1.41. The Hall–Kier alpha value is -3.60. The first kappa shape index (κ1) is 14.7. The summed E-state index contributed by atoms with van der Waals surface area (Å²) in [7, 11) is 0. The van der Waals surface area contributed by atoms with E-state index >= 15 is 0 Å². The third-order valence-corrected chi connectivity index (χ3v) is 4.70. The SMILES string of the molecule is O=C1c2ccccc2C(=O)N1CNc1ccc2c(c1)oc1ccccc12. The van der Waals surface area contributed by atoms with Crippen LogP contribution in [0.4, 0.5) is 5.69 Å². The Bertz CT molecular complexity index is 1160. The molecule has 26 heavy (non-hydrogen) atoms. The standard InChI is InChI=1S/C21H14N2O3/c24-20-16-6-1-2-7-17(16)21(25)23(20)12-22-13-9-10-15-14-5-3-4-8-18(14)26-19(15)11-13/h1-11,22H,12H2. The van der Waals surface area contributed by atoms with Crippen LogP contribution in [0.2, 0.25) is 0 Å². The molecule has 1 N–H and O–H groups in total. The molecule has 3 aromatic carbocycles. The summed E-state index contributed by atoms with van der Waals surface area (Å²) in [6.07, 6.45) is 0. The van der Waals surface area contributed by atoms with Gasteiger partial charge in [-0.1, -0.05) is 30.3 Å². The van der Waals surface area contributed by atoms with Crippen molar-refractivity contribution in [2.75, 3.05) is 12.0 Å². The lowest BCUT2D eigenvalue weighted by Crippen LogP contribution is -2.34. The van der Waals surface area contributed by atoms with Gasteiger partial charge in [0, 0.05) is 22.5 Å². The molecular formula is C21H14N2O3. The molecular weight excluding hydrogens is 328 g/mol. The van der Waals surface area contributed by atoms with Crippen LogP contribution < -0.4 is 5.32 Å². The van der Waals surface area contributed by atoms with Gasteiger partial charge < -0.3 is 9.73 Å². The van der Waals surface area contributed by atoms with Gasteiger partial charge in [0.1, 0.15) is 11.2 Å². The molecule has 0 saturated heterocycles. The molecule has 0 saturated carbocycles. The highest BCUT2D eigenvalue weighted by atomic mass is 16.3. The van der Waals surface area contributed by atoms with Crippen LogP contribution in [0.25, 0.3) is 21.9 Å². The number of hydrogen-bond donors (Lipinski definition) is 1. The second-order valence-corrected chi connectivity index (χ2v) is 6.23. The lowest BCUT2D eigenvalue weighted by atomic mass is 10.1. The van der Waals surface area contributed by atoms with Gasteiger partial charge in [-0.25, -0.2) is 0 Å². The number of hydrogen-bond acceptors (Lipinski definition) is 4. The van der Waals surface area contributed by atoms with Crippen LogP contribution in [-0.4, -0.2) is 23.4 Å². The summed E-state index contributed by atoms with van der Waals surface area (Å²) in [5.74, 6) is -0.550. The van der Waals surface area contributed by atoms with E-state index in [0.717, 1.165) is 27.6 Å². The predicted octanol–water partition coefficient (Wildman–Crippen LogP) is 4.25. The molecule has 126 valence electrons. The monoisotopic (exact) mass is 342 g/mol. The zero-order valence-corrected chi connectivity index (χ0v) is 13.7. The Morgan fingerprint density at radius 2 is 1.42 bits per heavy atom. The maximum atomic E-state index is 12.4. The average molecular weight is 342 g/mol. The molecule has 0 fully saturated rings. The van der Waals surface area contributed by atoms with E-state index in [-0.39, 0.29) is 18.5 Å². The van der Waals surface area contributed by atoms with Gasteiger partial charge in [0.2, 0.25) is 0 Å². The number of rotatable bonds is 3. The first-order valence-electron chi connectivity index (χ1n) is 8.33. The van der Waals surface area contributed by atoms with Crippen molar-refractivity contribution in [3.8, 4) is 0 Å². The van der Waals surface area contributed by atoms with Crippen LogP contribution >= 0.6 is 0 Å². The highest BCUT2D eigenvalue weighted by molar-refractivity contribution is 6.21. The summed E-state index contributed by atoms with van der Waals surface area (Å²) in [4.78, 5) is 26.0. The number of fused-ring (bicyclic) bond motifs is 4. The summed E-state index contributed by atoms with van der Waals surface area (Å²) in [5.41, 5.74) is 3.28. The fraction of sp³-hybridized carbons (Fsp3) is 0.0476. The first-order chi connectivity index (χ1) is 12.7. The first-order valence-corrected chi connectivity index (χ1v) is 8.33. The molecule has 0 radical (unpaired) electrons. The van der Waals surface area contributed by atoms with Crippen molar-refractivity contribution in [1.29, 1.82) is 0 Å². The molecule has 0 spiro atoms. The Kier molecular flexibility index (Phi) is 3.09. The molecule has 5 rings (SSSR count). The van der Waals surface area contributed by atoms with Gasteiger partial charge in [-0.2, -0.15) is 0 Å². The molecule has 0 bridgehead atoms. The summed E-state index contributed by atoms with van der Waals surface area (Å²) < 4.78 is 5.87. The van der Waals surface area contributed by atoms with Gasteiger partial charge in [-0.15, -0.1) is 0 Å². The fourth-order valence-electron chi connectivity index (χ4n) is 3.39. The molecule has 4 aromatic rings. The van der Waals surface area contributed by atoms with E-state index in [1.165, 1.54) is 4.90 Å². The minimum Gasteiger partial charge on any atom is -0.456 e. The second kappa shape index (κ2) is 5.46. The Labute approximate surface area is 148 Å². The zero-order valence-electron chi connectivity index (χ0n) is 13.7. The van der Waals surface area contributed by atoms with Gasteiger partial charge in [0.25, 0.3) is 11.8 Å². The third kappa shape index (κ3) is 2.10. The lowest BCUT2D eigenvalue weighted by Gasteiger charge is -2.15. The van der Waals surface area contributed by atoms with Crippen LogP contribution in [-0.2, 0) is 0 Å². The van der Waals surface area contributed by atoms with Crippen molar-refractivity contribution in [2.24, 2.45) is 0 Å². The number of carbonyl (C=O) groups excluding carboxylic acids is 2. The van der Waals surface area contributed by atoms with Crippen LogP contribution in [0.5, 0.6) is 0 Å². The molecule has 0 unspecified atom stereocenters. The van der Waals surface area contributed by atoms with Crippen LogP contribution in [0.3, 0.4) is 0 Å². The quantitative estimate of drug-likeness (QED) is 0.565. The summed E-state index contributed by atoms with van der Waals surface area (Å²) in [6.45, 7) is 0.109. The summed E-state index contributed by atoms with van der Waals surface area (Å²) in [5, 5.41) is 5.24. The minimum absolute atomic E-state index is 0.109. The number of carbonyl (C=O) groups is 2. The number of nitrogens with one attached hydrogen (secondary N) is 1. The number of furan rings is 1. The molecule has 2 heterocycles. The largest absolute Gasteiger partial charge is 0.456 e. The number of anilines is 1. The molecule has 0 aliphatic carbocycles. The highest BCUT2D eigenvalue weighted by Gasteiger charge is 2.34. The number of benzene rings is 3. The van der Waals surface area contributed by atoms with E-state index in [1.54, 1.807) is 24.3 Å². The molecule has 1 aliphatic heterocycles. The smallest absolute Gasteiger partial charge is 0.263 e. The normalized spacial score (nSPS) is 13.6. The molecule has 1 aromatic heterocycles. The van der Waals surface area contributed by atoms with E-state index in [1.807, 2.05) is 42.5 Å². The molecule has 5 heteroatoms. The van der Waals surface area contributed by atoms with Gasteiger partial charge in [-0.05, 0) is 30.3 Å². The van der Waals surface area contributed by atoms with Crippen LogP contribution in [0, 0.1) is 0 Å². The van der Waals surface area contributed by atoms with Gasteiger partial charge in [0.15, 0.2) is 0 Å². The van der Waals surface area contributed by atoms with Crippen molar-refractivity contribution < 1.29 is 14.0 Å². The van der Waals surface area contributed by atoms with Crippen molar-refractivity contribution in [2.45, 2.75) is 0 Å². The van der Waals surface area contributed by atoms with Gasteiger partial charge in [-0.3, -0.25) is 14.5 Å². The lowest BCUT2D eigenvalue weighted by molar-refractivity contribution is 0.0666. The fourth-order valence-corrected chi connectivity index (χ4v) is 3.39. The molecule has 0 atom stereocenters. The van der Waals surface area contributed by atoms with Crippen molar-refractivity contribution in [3.63, 3.8) is 0 Å². The van der Waals surface area contributed by atoms with E-state index in [0.29, 0.717) is 11.1 Å². The number of amides is 2. The maximum absolute atomic E-state index is 12.4. The van der Waals surface area contributed by atoms with E-state index in [4.69, 9.17) is 4.42 Å². The van der Waals surface area contributed by atoms with E-state index in [9.17, 15) is 9.59 Å². The van der Waals surface area contributed by atoms with E-state index < -0.39 is 0 Å². The van der Waals surface area contributed by atoms with Gasteiger partial charge in [0.05, 0.1) is 17.8 Å². The van der Waals surface area contributed by atoms with E-state index in [2.05, 4.69) is 5.32 Å². The van der Waals surface area contributed by atoms with Crippen molar-refractivity contribution in [3.05, 3.63) is 77.9 Å². The number of para-hydroxylation sites is 1. The number of nitrogens with zero attached hydrogens (tertiary/aromatic N) is 1. The van der Waals surface area contributed by atoms with Crippen LogP contribution in [0.1, 0.15) is 20.7 Å². The van der Waals surface area contributed by atoms with Crippen LogP contribution in [0.15, 0.2) is 71.1 Å². The Morgan fingerprint density at radius 3 is 2.19 bits per heavy atom.